The van der Waals surface area contributed by atoms with Gasteiger partial charge in [-0.2, -0.15) is 0 Å². The van der Waals surface area contributed by atoms with Crippen LogP contribution >= 0.6 is 0 Å². The molecule has 5 aliphatic heterocycles. The highest BCUT2D eigenvalue weighted by Gasteiger charge is 2.46. The number of carbonyl (C=O) groups is 1. The number of hydrogen-bond donors (Lipinski definition) is 1. The van der Waals surface area contributed by atoms with Gasteiger partial charge in [0.2, 0.25) is 0 Å². The Kier molecular flexibility index (Phi) is 7.81. The van der Waals surface area contributed by atoms with E-state index in [9.17, 15) is 9.90 Å². The molecule has 51 heavy (non-hydrogen) atoms. The second-order valence-corrected chi connectivity index (χ2v) is 13.4. The van der Waals surface area contributed by atoms with Crippen molar-refractivity contribution in [2.75, 3.05) is 41.7 Å². The van der Waals surface area contributed by atoms with Crippen molar-refractivity contribution in [1.29, 1.82) is 0 Å². The van der Waals surface area contributed by atoms with Gasteiger partial charge in [-0.3, -0.25) is 4.79 Å². The Bertz CT molecular complexity index is 2080. The predicted octanol–water partition coefficient (Wildman–Crippen LogP) is 7.03. The first kappa shape index (κ1) is 32.5. The number of ketones is 1. The molecule has 4 unspecified atom stereocenters. The first-order valence-electron chi connectivity index (χ1n) is 16.7. The number of phenolic OH excluding ortho intramolecular Hbond substituents is 1. The van der Waals surface area contributed by atoms with Crippen molar-refractivity contribution in [2.45, 2.75) is 43.5 Å². The molecular formula is C40H38O11. The molecule has 0 amide bonds. The quantitative estimate of drug-likeness (QED) is 0.237. The number of methoxy groups -OCH3 is 4. The summed E-state index contributed by atoms with van der Waals surface area (Å²) in [5, 5.41) is 10.7. The van der Waals surface area contributed by atoms with Gasteiger partial charge < -0.3 is 47.7 Å². The fraction of sp³-hybridized carbons (Fsp3) is 0.325. The number of Topliss-reactive ketones (excluding diaryl/α,β-unsaturated/α-hetero) is 1. The van der Waals surface area contributed by atoms with Gasteiger partial charge in [0, 0.05) is 41.0 Å². The minimum Gasteiger partial charge on any atom is -0.507 e. The molecule has 0 fully saturated rings. The predicted molar refractivity (Wildman–Crippen MR) is 186 cm³/mol. The van der Waals surface area contributed by atoms with Gasteiger partial charge in [-0.1, -0.05) is 6.07 Å². The maximum Gasteiger partial charge on any atom is 0.181 e. The molecule has 1 N–H and O–H groups in total. The van der Waals surface area contributed by atoms with Crippen LogP contribution in [0.2, 0.25) is 0 Å². The Morgan fingerprint density at radius 2 is 1.39 bits per heavy atom. The van der Waals surface area contributed by atoms with Gasteiger partial charge in [0.05, 0.1) is 52.4 Å². The maximum atomic E-state index is 13.6. The summed E-state index contributed by atoms with van der Waals surface area (Å²) >= 11 is 0. The molecule has 264 valence electrons. The van der Waals surface area contributed by atoms with E-state index in [2.05, 4.69) is 6.07 Å². The molecule has 11 nitrogen and oxygen atoms in total. The molecule has 0 bridgehead atoms. The number of rotatable bonds is 4. The summed E-state index contributed by atoms with van der Waals surface area (Å²) in [7, 11) is 6.39. The maximum absolute atomic E-state index is 13.6. The van der Waals surface area contributed by atoms with E-state index in [1.165, 1.54) is 18.7 Å². The molecule has 5 heterocycles. The van der Waals surface area contributed by atoms with Gasteiger partial charge in [-0.15, -0.1) is 0 Å². The molecule has 4 aromatic rings. The molecule has 0 saturated carbocycles. The van der Waals surface area contributed by atoms with E-state index < -0.39 is 17.6 Å². The van der Waals surface area contributed by atoms with Crippen LogP contribution in [0, 0.1) is 0 Å². The highest BCUT2D eigenvalue weighted by atomic mass is 16.5. The Morgan fingerprint density at radius 1 is 0.725 bits per heavy atom. The lowest BCUT2D eigenvalue weighted by atomic mass is 9.80. The van der Waals surface area contributed by atoms with Crippen molar-refractivity contribution >= 4 is 11.9 Å². The first-order chi connectivity index (χ1) is 24.6. The lowest BCUT2D eigenvalue weighted by Crippen LogP contribution is -2.43. The van der Waals surface area contributed by atoms with Crippen LogP contribution < -0.4 is 42.6 Å². The van der Waals surface area contributed by atoms with Gasteiger partial charge in [0.25, 0.3) is 0 Å². The largest absolute Gasteiger partial charge is 0.507 e. The fourth-order valence-corrected chi connectivity index (χ4v) is 7.34. The fourth-order valence-electron chi connectivity index (χ4n) is 7.34. The molecule has 0 aromatic heterocycles. The highest BCUT2D eigenvalue weighted by Crippen LogP contribution is 2.53. The van der Waals surface area contributed by atoms with Crippen molar-refractivity contribution in [3.05, 3.63) is 88.5 Å². The summed E-state index contributed by atoms with van der Waals surface area (Å²) in [6.07, 6.45) is 3.23. The van der Waals surface area contributed by atoms with E-state index >= 15 is 0 Å². The average Bonchev–Trinajstić information content (AvgIpc) is 3.51. The Balaban J connectivity index is 0.000000156. The number of aromatic hydroxyl groups is 1. The zero-order valence-electron chi connectivity index (χ0n) is 29.1. The topological polar surface area (TPSA) is 120 Å². The zero-order chi connectivity index (χ0) is 35.6. The van der Waals surface area contributed by atoms with E-state index in [4.69, 9.17) is 42.6 Å². The van der Waals surface area contributed by atoms with Gasteiger partial charge in [0.15, 0.2) is 17.3 Å². The third-order valence-corrected chi connectivity index (χ3v) is 9.89. The second kappa shape index (κ2) is 12.3. The van der Waals surface area contributed by atoms with E-state index in [1.807, 2.05) is 56.3 Å². The molecule has 9 rings (SSSR count). The number of benzene rings is 4. The lowest BCUT2D eigenvalue weighted by Gasteiger charge is -2.39. The van der Waals surface area contributed by atoms with Crippen LogP contribution in [-0.4, -0.2) is 64.2 Å². The van der Waals surface area contributed by atoms with Crippen LogP contribution in [0.4, 0.5) is 0 Å². The highest BCUT2D eigenvalue weighted by molar-refractivity contribution is 6.08. The summed E-state index contributed by atoms with van der Waals surface area (Å²) in [6, 6.07) is 16.8. The van der Waals surface area contributed by atoms with Crippen LogP contribution in [0.1, 0.15) is 64.4 Å². The molecular weight excluding hydrogens is 656 g/mol. The molecule has 0 radical (unpaired) electrons. The number of ether oxygens (including phenoxy) is 9. The van der Waals surface area contributed by atoms with E-state index in [0.29, 0.717) is 46.5 Å². The zero-order valence-corrected chi connectivity index (χ0v) is 29.1. The van der Waals surface area contributed by atoms with Crippen molar-refractivity contribution in [2.24, 2.45) is 0 Å². The van der Waals surface area contributed by atoms with Crippen LogP contribution in [-0.2, 0) is 0 Å². The van der Waals surface area contributed by atoms with E-state index in [0.717, 1.165) is 28.6 Å². The van der Waals surface area contributed by atoms with Crippen molar-refractivity contribution < 1.29 is 52.5 Å². The minimum absolute atomic E-state index is 0.00163. The summed E-state index contributed by atoms with van der Waals surface area (Å²) in [6.45, 7) is 4.64. The van der Waals surface area contributed by atoms with E-state index in [1.54, 1.807) is 33.5 Å². The molecule has 4 aromatic carbocycles. The monoisotopic (exact) mass is 694 g/mol. The van der Waals surface area contributed by atoms with Crippen molar-refractivity contribution in [3.63, 3.8) is 0 Å². The first-order valence-corrected chi connectivity index (χ1v) is 16.7. The smallest absolute Gasteiger partial charge is 0.181 e. The number of fused-ring (bicyclic) bond motifs is 11. The summed E-state index contributed by atoms with van der Waals surface area (Å²) in [5.41, 5.74) is 3.18. The van der Waals surface area contributed by atoms with Crippen molar-refractivity contribution in [1.82, 2.24) is 0 Å². The number of phenols is 1. The van der Waals surface area contributed by atoms with Gasteiger partial charge in [-0.25, -0.2) is 0 Å². The molecule has 11 heteroatoms. The van der Waals surface area contributed by atoms with Crippen LogP contribution in [0.25, 0.3) is 6.08 Å². The van der Waals surface area contributed by atoms with Gasteiger partial charge in [0.1, 0.15) is 76.0 Å². The second-order valence-electron chi connectivity index (χ2n) is 13.4. The normalized spacial score (nSPS) is 22.0. The van der Waals surface area contributed by atoms with Gasteiger partial charge >= 0.3 is 0 Å². The number of hydrogen-bond acceptors (Lipinski definition) is 11. The third-order valence-electron chi connectivity index (χ3n) is 9.89. The lowest BCUT2D eigenvalue weighted by molar-refractivity contribution is 0.0547. The third kappa shape index (κ3) is 5.38. The molecule has 4 atom stereocenters. The Labute approximate surface area is 295 Å². The molecule has 5 aliphatic rings. The minimum atomic E-state index is -0.630. The summed E-state index contributed by atoms with van der Waals surface area (Å²) < 4.78 is 51.4. The summed E-state index contributed by atoms with van der Waals surface area (Å²) in [4.78, 5) is 13.6. The SMILES string of the molecule is COc1cc2c(cc1OC)C1C(=O)c3c(O)cc4c(c3OC1CO2)C=CC(C)(C)O4.COc1ccc2c(c1)OC1c3ccc(OC)cc3OCC21. The molecule has 0 saturated heterocycles. The van der Waals surface area contributed by atoms with Crippen LogP contribution in [0.3, 0.4) is 0 Å². The molecule has 0 spiro atoms. The Hall–Kier alpha value is -5.71. The van der Waals surface area contributed by atoms with Crippen LogP contribution in [0.5, 0.6) is 57.5 Å². The Morgan fingerprint density at radius 3 is 2.12 bits per heavy atom. The molecule has 0 aliphatic carbocycles. The summed E-state index contributed by atoms with van der Waals surface area (Å²) in [5.74, 6) is 4.90. The van der Waals surface area contributed by atoms with Crippen molar-refractivity contribution in [3.8, 4) is 57.5 Å². The number of carbonyl (C=O) groups excluding carboxylic acids is 1. The average molecular weight is 695 g/mol. The van der Waals surface area contributed by atoms with E-state index in [-0.39, 0.29) is 35.7 Å². The van der Waals surface area contributed by atoms with Crippen LogP contribution in [0.15, 0.2) is 60.7 Å². The van der Waals surface area contributed by atoms with Gasteiger partial charge in [-0.05, 0) is 50.3 Å². The standard InChI is InChI=1S/C23H22O7.C17H16O4/c1-23(2)6-5-11-15(30-23)8-13(24)20-21(25)19-12-7-16(26-3)17(27-4)9-14(12)28-10-18(19)29-22(11)20;1-18-10-4-6-13-15(7-10)20-9-14-12-5-3-11(19-2)8-16(12)21-17(13)14/h5-9,18-19,24H,10H2,1-4H3;3-8,14,17H,9H2,1-2H3.